The lowest BCUT2D eigenvalue weighted by Gasteiger charge is -2.10. The molecule has 5 heteroatoms. The maximum Gasteiger partial charge on any atom is 0.248 e. The van der Waals surface area contributed by atoms with E-state index in [0.717, 1.165) is 22.1 Å². The van der Waals surface area contributed by atoms with Crippen molar-refractivity contribution >= 4 is 28.1 Å². The maximum atomic E-state index is 13.3. The summed E-state index contributed by atoms with van der Waals surface area (Å²) in [5, 5.41) is 3.60. The summed E-state index contributed by atoms with van der Waals surface area (Å²) in [4.78, 5) is 12.4. The maximum absolute atomic E-state index is 13.3. The van der Waals surface area contributed by atoms with E-state index < -0.39 is 5.82 Å². The molecule has 1 aromatic heterocycles. The fourth-order valence-corrected chi connectivity index (χ4v) is 3.39. The molecule has 3 aromatic carbocycles. The van der Waals surface area contributed by atoms with E-state index in [9.17, 15) is 9.18 Å². The summed E-state index contributed by atoms with van der Waals surface area (Å²) in [6, 6.07) is 19.5. The number of furan rings is 1. The fourth-order valence-electron chi connectivity index (χ4n) is 3.39. The number of anilines is 1. The number of nitrogens with one attached hydrogen (secondary N) is 1. The van der Waals surface area contributed by atoms with Crippen molar-refractivity contribution in [2.45, 2.75) is 6.92 Å². The summed E-state index contributed by atoms with van der Waals surface area (Å²) in [6.45, 7) is 1.83. The number of amides is 1. The molecule has 0 saturated heterocycles. The molecule has 0 aliphatic heterocycles. The van der Waals surface area contributed by atoms with E-state index in [1.165, 1.54) is 18.2 Å². The van der Waals surface area contributed by atoms with Gasteiger partial charge in [0.25, 0.3) is 0 Å². The van der Waals surface area contributed by atoms with E-state index in [2.05, 4.69) is 5.32 Å². The highest BCUT2D eigenvalue weighted by molar-refractivity contribution is 6.05. The van der Waals surface area contributed by atoms with Gasteiger partial charge in [0.15, 0.2) is 0 Å². The van der Waals surface area contributed by atoms with E-state index in [-0.39, 0.29) is 5.91 Å². The lowest BCUT2D eigenvalue weighted by molar-refractivity contribution is -0.111. The highest BCUT2D eigenvalue weighted by atomic mass is 19.1. The minimum atomic E-state index is -0.408. The van der Waals surface area contributed by atoms with Crippen molar-refractivity contribution in [3.63, 3.8) is 0 Å². The molecule has 0 radical (unpaired) electrons. The van der Waals surface area contributed by atoms with Crippen molar-refractivity contribution in [2.75, 3.05) is 12.4 Å². The van der Waals surface area contributed by atoms with Gasteiger partial charge >= 0.3 is 0 Å². The van der Waals surface area contributed by atoms with Crippen LogP contribution in [0.5, 0.6) is 5.75 Å². The number of fused-ring (bicyclic) bond motifs is 1. The lowest BCUT2D eigenvalue weighted by Crippen LogP contribution is -2.08. The summed E-state index contributed by atoms with van der Waals surface area (Å²) < 4.78 is 24.6. The zero-order valence-electron chi connectivity index (χ0n) is 16.6. The first-order valence-electron chi connectivity index (χ1n) is 9.45. The van der Waals surface area contributed by atoms with Gasteiger partial charge in [-0.1, -0.05) is 36.4 Å². The number of benzene rings is 3. The third-order valence-electron chi connectivity index (χ3n) is 4.84. The Bertz CT molecular complexity index is 1240. The lowest BCUT2D eigenvalue weighted by atomic mass is 9.99. The average Bonchev–Trinajstić information content (AvgIpc) is 3.16. The van der Waals surface area contributed by atoms with Gasteiger partial charge in [0.05, 0.1) is 13.4 Å². The molecular weight excluding hydrogens is 381 g/mol. The van der Waals surface area contributed by atoms with E-state index in [1.807, 2.05) is 49.4 Å². The molecule has 0 atom stereocenters. The highest BCUT2D eigenvalue weighted by Gasteiger charge is 2.15. The quantitative estimate of drug-likeness (QED) is 0.400. The molecule has 4 nitrogen and oxygen atoms in total. The van der Waals surface area contributed by atoms with Gasteiger partial charge in [0, 0.05) is 34.3 Å². The number of ether oxygens (including phenoxy) is 1. The molecule has 30 heavy (non-hydrogen) atoms. The van der Waals surface area contributed by atoms with Crippen LogP contribution in [0.25, 0.3) is 27.7 Å². The average molecular weight is 401 g/mol. The Balaban J connectivity index is 1.71. The van der Waals surface area contributed by atoms with Crippen LogP contribution in [0.4, 0.5) is 10.1 Å². The second-order valence-electron chi connectivity index (χ2n) is 6.89. The summed E-state index contributed by atoms with van der Waals surface area (Å²) in [5.74, 6) is -0.159. The molecule has 0 bridgehead atoms. The van der Waals surface area contributed by atoms with Crippen LogP contribution in [0.3, 0.4) is 0 Å². The van der Waals surface area contributed by atoms with E-state index in [0.29, 0.717) is 22.6 Å². The molecule has 1 N–H and O–H groups in total. The van der Waals surface area contributed by atoms with Crippen molar-refractivity contribution in [3.05, 3.63) is 90.4 Å². The first-order valence-corrected chi connectivity index (χ1v) is 9.45. The predicted octanol–water partition coefficient (Wildman–Crippen LogP) is 6.29. The van der Waals surface area contributed by atoms with Gasteiger partial charge in [-0.2, -0.15) is 0 Å². The van der Waals surface area contributed by atoms with Crippen LogP contribution in [0.1, 0.15) is 12.5 Å². The minimum Gasteiger partial charge on any atom is -0.496 e. The Morgan fingerprint density at radius 1 is 1.07 bits per heavy atom. The van der Waals surface area contributed by atoms with Crippen LogP contribution in [0, 0.1) is 5.82 Å². The van der Waals surface area contributed by atoms with Crippen LogP contribution in [0.15, 0.2) is 83.5 Å². The first kappa shape index (κ1) is 19.5. The molecule has 0 aliphatic rings. The van der Waals surface area contributed by atoms with Gasteiger partial charge < -0.3 is 14.5 Å². The molecule has 0 spiro atoms. The van der Waals surface area contributed by atoms with Gasteiger partial charge in [0.2, 0.25) is 5.91 Å². The van der Waals surface area contributed by atoms with Gasteiger partial charge in [-0.3, -0.25) is 4.79 Å². The Morgan fingerprint density at radius 3 is 2.60 bits per heavy atom. The number of carbonyl (C=O) groups is 1. The summed E-state index contributed by atoms with van der Waals surface area (Å²) in [6.07, 6.45) is 3.19. The Kier molecular flexibility index (Phi) is 5.35. The molecule has 0 aliphatic carbocycles. The van der Waals surface area contributed by atoms with Crippen molar-refractivity contribution in [3.8, 4) is 16.9 Å². The SMILES string of the molecule is COc1cc2occ(-c3ccccc3)c2cc1/C(C)=C/C(=O)Nc1cccc(F)c1. The van der Waals surface area contributed by atoms with Gasteiger partial charge in [0.1, 0.15) is 17.1 Å². The normalized spacial score (nSPS) is 11.5. The number of hydrogen-bond acceptors (Lipinski definition) is 3. The summed E-state index contributed by atoms with van der Waals surface area (Å²) in [7, 11) is 1.58. The minimum absolute atomic E-state index is 0.351. The summed E-state index contributed by atoms with van der Waals surface area (Å²) in [5.41, 5.74) is 4.59. The number of hydrogen-bond donors (Lipinski definition) is 1. The standard InChI is InChI=1S/C25H20FNO3/c1-16(11-25(28)27-19-10-6-9-18(26)12-19)20-13-21-22(17-7-4-3-5-8-17)15-30-24(21)14-23(20)29-2/h3-15H,1-2H3,(H,27,28)/b16-11+. The Morgan fingerprint density at radius 2 is 1.87 bits per heavy atom. The number of allylic oxidation sites excluding steroid dienone is 1. The Labute approximate surface area is 173 Å². The van der Waals surface area contributed by atoms with Gasteiger partial charge in [-0.05, 0) is 42.3 Å². The summed E-state index contributed by atoms with van der Waals surface area (Å²) >= 11 is 0. The number of halogens is 1. The third kappa shape index (κ3) is 3.96. The molecule has 1 heterocycles. The van der Waals surface area contributed by atoms with Crippen molar-refractivity contribution in [2.24, 2.45) is 0 Å². The number of rotatable bonds is 5. The van der Waals surface area contributed by atoms with Crippen LogP contribution in [-0.4, -0.2) is 13.0 Å². The molecular formula is C25H20FNO3. The highest BCUT2D eigenvalue weighted by Crippen LogP contribution is 2.37. The largest absolute Gasteiger partial charge is 0.496 e. The number of carbonyl (C=O) groups excluding carboxylic acids is 1. The number of methoxy groups -OCH3 is 1. The van der Waals surface area contributed by atoms with Crippen LogP contribution < -0.4 is 10.1 Å². The molecule has 1 amide bonds. The molecule has 4 rings (SSSR count). The van der Waals surface area contributed by atoms with E-state index in [4.69, 9.17) is 9.15 Å². The van der Waals surface area contributed by atoms with Crippen molar-refractivity contribution < 1.29 is 18.3 Å². The fraction of sp³-hybridized carbons (Fsp3) is 0.0800. The molecule has 150 valence electrons. The van der Waals surface area contributed by atoms with Crippen molar-refractivity contribution in [1.29, 1.82) is 0 Å². The van der Waals surface area contributed by atoms with Gasteiger partial charge in [-0.15, -0.1) is 0 Å². The van der Waals surface area contributed by atoms with Crippen LogP contribution >= 0.6 is 0 Å². The first-order chi connectivity index (χ1) is 14.5. The second-order valence-corrected chi connectivity index (χ2v) is 6.89. The molecule has 4 aromatic rings. The van der Waals surface area contributed by atoms with Crippen LogP contribution in [0.2, 0.25) is 0 Å². The molecule has 0 unspecified atom stereocenters. The monoisotopic (exact) mass is 401 g/mol. The van der Waals surface area contributed by atoms with Crippen molar-refractivity contribution in [1.82, 2.24) is 0 Å². The van der Waals surface area contributed by atoms with E-state index in [1.54, 1.807) is 25.5 Å². The smallest absolute Gasteiger partial charge is 0.248 e. The zero-order valence-corrected chi connectivity index (χ0v) is 16.6. The zero-order chi connectivity index (χ0) is 21.1. The third-order valence-corrected chi connectivity index (χ3v) is 4.84. The van der Waals surface area contributed by atoms with Gasteiger partial charge in [-0.25, -0.2) is 4.39 Å². The second kappa shape index (κ2) is 8.25. The predicted molar refractivity (Wildman–Crippen MR) is 117 cm³/mol. The topological polar surface area (TPSA) is 51.5 Å². The molecule has 0 fully saturated rings. The van der Waals surface area contributed by atoms with Crippen LogP contribution in [-0.2, 0) is 4.79 Å². The molecule has 0 saturated carbocycles. The Hall–Kier alpha value is -3.86. The van der Waals surface area contributed by atoms with E-state index >= 15 is 0 Å².